The van der Waals surface area contributed by atoms with Crippen molar-refractivity contribution in [2.45, 2.75) is 46.6 Å². The highest BCUT2D eigenvalue weighted by Crippen LogP contribution is 2.29. The molecule has 7 heteroatoms. The number of anilines is 2. The van der Waals surface area contributed by atoms with Crippen LogP contribution in [0.15, 0.2) is 71.5 Å². The van der Waals surface area contributed by atoms with Crippen LogP contribution in [-0.4, -0.2) is 21.4 Å². The van der Waals surface area contributed by atoms with Crippen molar-refractivity contribution in [3.63, 3.8) is 0 Å². The second kappa shape index (κ2) is 10.6. The smallest absolute Gasteiger partial charge is 0.278 e. The van der Waals surface area contributed by atoms with Gasteiger partial charge < -0.3 is 10.6 Å². The van der Waals surface area contributed by atoms with Gasteiger partial charge in [-0.1, -0.05) is 49.7 Å². The van der Waals surface area contributed by atoms with Crippen LogP contribution in [-0.2, 0) is 9.59 Å². The molecule has 0 saturated carbocycles. The molecule has 0 spiro atoms. The summed E-state index contributed by atoms with van der Waals surface area (Å²) in [7, 11) is 0. The molecule has 7 nitrogen and oxygen atoms in total. The Kier molecular flexibility index (Phi) is 7.29. The molecule has 0 radical (unpaired) electrons. The molecule has 36 heavy (non-hydrogen) atoms. The average Bonchev–Trinajstić information content (AvgIpc) is 2.86. The standard InChI is InChI=1S/C29H30N4O3/c1-5-24(28(35)30-20-11-9-10-18(3)16-20)33-25-13-8-7-12-23(25)32-27(29(33)36)21-17-19(4)14-15-22(21)31-26(34)6-2/h7-17,24H,5-6H2,1-4H3,(H,30,35)(H,31,34)/t24-/m0/s1. The zero-order valence-corrected chi connectivity index (χ0v) is 21.0. The number of hydrogen-bond acceptors (Lipinski definition) is 4. The second-order valence-electron chi connectivity index (χ2n) is 8.86. The van der Waals surface area contributed by atoms with Gasteiger partial charge in [-0.05, 0) is 62.2 Å². The van der Waals surface area contributed by atoms with Gasteiger partial charge in [0.05, 0.1) is 16.7 Å². The van der Waals surface area contributed by atoms with Gasteiger partial charge in [0.25, 0.3) is 5.56 Å². The van der Waals surface area contributed by atoms with Crippen molar-refractivity contribution in [3.8, 4) is 11.3 Å². The molecular weight excluding hydrogens is 452 g/mol. The van der Waals surface area contributed by atoms with E-state index in [0.29, 0.717) is 40.8 Å². The highest BCUT2D eigenvalue weighted by Gasteiger charge is 2.25. The molecule has 184 valence electrons. The van der Waals surface area contributed by atoms with Crippen LogP contribution in [0.5, 0.6) is 0 Å². The van der Waals surface area contributed by atoms with Crippen LogP contribution in [0.3, 0.4) is 0 Å². The molecule has 2 N–H and O–H groups in total. The number of nitrogens with one attached hydrogen (secondary N) is 2. The maximum absolute atomic E-state index is 14.0. The highest BCUT2D eigenvalue weighted by atomic mass is 16.2. The number of nitrogens with zero attached hydrogens (tertiary/aromatic N) is 2. The molecule has 1 aromatic heterocycles. The van der Waals surface area contributed by atoms with Crippen LogP contribution in [0.2, 0.25) is 0 Å². The molecule has 1 atom stereocenters. The van der Waals surface area contributed by atoms with E-state index in [2.05, 4.69) is 10.6 Å². The van der Waals surface area contributed by atoms with E-state index in [-0.39, 0.29) is 17.5 Å². The first-order chi connectivity index (χ1) is 17.3. The third-order valence-electron chi connectivity index (χ3n) is 6.11. The van der Waals surface area contributed by atoms with Gasteiger partial charge in [0.2, 0.25) is 11.8 Å². The number of rotatable bonds is 7. The minimum atomic E-state index is -0.761. The first kappa shape index (κ1) is 24.9. The molecule has 4 rings (SSSR count). The summed E-state index contributed by atoms with van der Waals surface area (Å²) in [5.41, 5.74) is 4.61. The molecule has 0 saturated heterocycles. The number of carbonyl (C=O) groups is 2. The largest absolute Gasteiger partial charge is 0.325 e. The van der Waals surface area contributed by atoms with E-state index in [1.807, 2.05) is 75.4 Å². The maximum atomic E-state index is 14.0. The minimum absolute atomic E-state index is 0.162. The third-order valence-corrected chi connectivity index (χ3v) is 6.11. The van der Waals surface area contributed by atoms with Crippen LogP contribution in [0.4, 0.5) is 11.4 Å². The van der Waals surface area contributed by atoms with Crippen LogP contribution < -0.4 is 16.2 Å². The summed E-state index contributed by atoms with van der Waals surface area (Å²) >= 11 is 0. The van der Waals surface area contributed by atoms with Gasteiger partial charge in [-0.2, -0.15) is 0 Å². The number of aryl methyl sites for hydroxylation is 2. The van der Waals surface area contributed by atoms with Crippen molar-refractivity contribution in [2.75, 3.05) is 10.6 Å². The Bertz CT molecular complexity index is 1510. The Morgan fingerprint density at radius 1 is 0.917 bits per heavy atom. The van der Waals surface area contributed by atoms with Crippen molar-refractivity contribution in [1.29, 1.82) is 0 Å². The van der Waals surface area contributed by atoms with Crippen LogP contribution in [0, 0.1) is 13.8 Å². The normalized spacial score (nSPS) is 11.8. The van der Waals surface area contributed by atoms with E-state index in [1.54, 1.807) is 19.1 Å². The van der Waals surface area contributed by atoms with E-state index in [9.17, 15) is 14.4 Å². The first-order valence-electron chi connectivity index (χ1n) is 12.1. The van der Waals surface area contributed by atoms with E-state index < -0.39 is 11.6 Å². The van der Waals surface area contributed by atoms with Crippen LogP contribution >= 0.6 is 0 Å². The molecule has 1 heterocycles. The first-order valence-corrected chi connectivity index (χ1v) is 12.1. The molecule has 0 aliphatic carbocycles. The van der Waals surface area contributed by atoms with Crippen molar-refractivity contribution >= 4 is 34.2 Å². The summed E-state index contributed by atoms with van der Waals surface area (Å²) in [6, 6.07) is 19.6. The number of carbonyl (C=O) groups excluding carboxylic acids is 2. The summed E-state index contributed by atoms with van der Waals surface area (Å²) in [5.74, 6) is -0.443. The molecule has 2 amide bonds. The Balaban J connectivity index is 1.90. The van der Waals surface area contributed by atoms with Crippen LogP contribution in [0.1, 0.15) is 43.9 Å². The fraction of sp³-hybridized carbons (Fsp3) is 0.241. The lowest BCUT2D eigenvalue weighted by Crippen LogP contribution is -2.34. The Labute approximate surface area is 210 Å². The molecule has 0 fully saturated rings. The van der Waals surface area contributed by atoms with E-state index in [0.717, 1.165) is 11.1 Å². The predicted octanol–water partition coefficient (Wildman–Crippen LogP) is 5.62. The van der Waals surface area contributed by atoms with E-state index in [4.69, 9.17) is 4.98 Å². The fourth-order valence-corrected chi connectivity index (χ4v) is 4.27. The summed E-state index contributed by atoms with van der Waals surface area (Å²) in [4.78, 5) is 44.4. The lowest BCUT2D eigenvalue weighted by molar-refractivity contribution is -0.119. The summed E-state index contributed by atoms with van der Waals surface area (Å²) in [6.07, 6.45) is 0.706. The monoisotopic (exact) mass is 482 g/mol. The van der Waals surface area contributed by atoms with Crippen molar-refractivity contribution in [3.05, 3.63) is 88.2 Å². The topological polar surface area (TPSA) is 93.1 Å². The van der Waals surface area contributed by atoms with Gasteiger partial charge in [-0.3, -0.25) is 19.0 Å². The Morgan fingerprint density at radius 2 is 1.67 bits per heavy atom. The Morgan fingerprint density at radius 3 is 2.39 bits per heavy atom. The van der Waals surface area contributed by atoms with Gasteiger partial charge in [-0.15, -0.1) is 0 Å². The molecule has 0 bridgehead atoms. The third kappa shape index (κ3) is 5.05. The van der Waals surface area contributed by atoms with Gasteiger partial charge in [0.15, 0.2) is 0 Å². The van der Waals surface area contributed by atoms with Crippen molar-refractivity contribution in [2.24, 2.45) is 0 Å². The number of fused-ring (bicyclic) bond motifs is 1. The Hall–Kier alpha value is -4.26. The number of aromatic nitrogens is 2. The highest BCUT2D eigenvalue weighted by molar-refractivity contribution is 5.97. The van der Waals surface area contributed by atoms with Gasteiger partial charge in [0, 0.05) is 17.7 Å². The summed E-state index contributed by atoms with van der Waals surface area (Å²) in [6.45, 7) is 7.51. The molecule has 3 aromatic carbocycles. The molecule has 0 aliphatic rings. The van der Waals surface area contributed by atoms with E-state index in [1.165, 1.54) is 4.57 Å². The SMILES string of the molecule is CCC(=O)Nc1ccc(C)cc1-c1nc2ccccc2n([C@@H](CC)C(=O)Nc2cccc(C)c2)c1=O. The summed E-state index contributed by atoms with van der Waals surface area (Å²) in [5, 5.41) is 5.84. The van der Waals surface area contributed by atoms with Crippen LogP contribution in [0.25, 0.3) is 22.3 Å². The lowest BCUT2D eigenvalue weighted by atomic mass is 10.0. The number of para-hydroxylation sites is 2. The number of benzene rings is 3. The predicted molar refractivity (Wildman–Crippen MR) is 144 cm³/mol. The fourth-order valence-electron chi connectivity index (χ4n) is 4.27. The van der Waals surface area contributed by atoms with Gasteiger partial charge >= 0.3 is 0 Å². The molecule has 0 unspecified atom stereocenters. The number of amides is 2. The van der Waals surface area contributed by atoms with Crippen molar-refractivity contribution < 1.29 is 9.59 Å². The van der Waals surface area contributed by atoms with Gasteiger partial charge in [-0.25, -0.2) is 4.98 Å². The maximum Gasteiger partial charge on any atom is 0.278 e. The zero-order chi connectivity index (χ0) is 25.8. The molecule has 4 aromatic rings. The minimum Gasteiger partial charge on any atom is -0.325 e. The molecular formula is C29H30N4O3. The average molecular weight is 483 g/mol. The van der Waals surface area contributed by atoms with Crippen molar-refractivity contribution in [1.82, 2.24) is 9.55 Å². The quantitative estimate of drug-likeness (QED) is 0.358. The second-order valence-corrected chi connectivity index (χ2v) is 8.86. The van der Waals surface area contributed by atoms with Gasteiger partial charge in [0.1, 0.15) is 11.7 Å². The molecule has 0 aliphatic heterocycles. The summed E-state index contributed by atoms with van der Waals surface area (Å²) < 4.78 is 1.52. The lowest BCUT2D eigenvalue weighted by Gasteiger charge is -2.22. The van der Waals surface area contributed by atoms with E-state index >= 15 is 0 Å². The number of hydrogen-bond donors (Lipinski definition) is 2. The zero-order valence-electron chi connectivity index (χ0n) is 21.0.